The first-order valence-corrected chi connectivity index (χ1v) is 7.65. The highest BCUT2D eigenvalue weighted by molar-refractivity contribution is 5.92. The van der Waals surface area contributed by atoms with Crippen LogP contribution in [0.15, 0.2) is 53.5 Å². The molecule has 5 heteroatoms. The van der Waals surface area contributed by atoms with Gasteiger partial charge in [-0.05, 0) is 56.2 Å². The van der Waals surface area contributed by atoms with Gasteiger partial charge in [-0.3, -0.25) is 4.99 Å². The Balaban J connectivity index is 1.62. The van der Waals surface area contributed by atoms with E-state index in [2.05, 4.69) is 10.3 Å². The molecule has 0 saturated carbocycles. The number of guanidine groups is 1. The highest BCUT2D eigenvalue weighted by atomic mass is 19.1. The monoisotopic (exact) mass is 315 g/mol. The van der Waals surface area contributed by atoms with E-state index in [0.29, 0.717) is 24.9 Å². The van der Waals surface area contributed by atoms with Crippen molar-refractivity contribution in [3.05, 3.63) is 59.9 Å². The molecular formula is C18H22FN3O. The van der Waals surface area contributed by atoms with Gasteiger partial charge in [0.1, 0.15) is 11.6 Å². The standard InChI is InChI=1S/C18H22FN3O/c1-14-4-8-16(9-5-14)22-18(20)21-12-2-3-13-23-17-10-6-15(19)7-11-17/h4-11H,2-3,12-13H2,1H3,(H3,20,21,22). The van der Waals surface area contributed by atoms with E-state index in [9.17, 15) is 4.39 Å². The summed E-state index contributed by atoms with van der Waals surface area (Å²) in [5.74, 6) is 0.826. The van der Waals surface area contributed by atoms with Crippen LogP contribution in [0.4, 0.5) is 10.1 Å². The summed E-state index contributed by atoms with van der Waals surface area (Å²) in [6.07, 6.45) is 1.73. The molecule has 0 spiro atoms. The predicted molar refractivity (Wildman–Crippen MR) is 92.4 cm³/mol. The smallest absolute Gasteiger partial charge is 0.193 e. The molecule has 0 aliphatic carbocycles. The third-order valence-electron chi connectivity index (χ3n) is 3.24. The maximum absolute atomic E-state index is 12.7. The number of nitrogens with two attached hydrogens (primary N) is 1. The Morgan fingerprint density at radius 2 is 1.78 bits per heavy atom. The lowest BCUT2D eigenvalue weighted by Crippen LogP contribution is -2.22. The second-order valence-electron chi connectivity index (χ2n) is 5.27. The Kier molecular flexibility index (Phi) is 6.41. The molecule has 4 nitrogen and oxygen atoms in total. The molecule has 2 rings (SSSR count). The number of aryl methyl sites for hydroxylation is 1. The molecule has 2 aromatic rings. The molecule has 0 saturated heterocycles. The van der Waals surface area contributed by atoms with Crippen molar-refractivity contribution in [2.75, 3.05) is 18.5 Å². The minimum Gasteiger partial charge on any atom is -0.494 e. The van der Waals surface area contributed by atoms with Crippen LogP contribution in [0.25, 0.3) is 0 Å². The number of ether oxygens (including phenoxy) is 1. The van der Waals surface area contributed by atoms with Crippen LogP contribution in [0.2, 0.25) is 0 Å². The molecule has 3 N–H and O–H groups in total. The molecule has 0 fully saturated rings. The number of unbranched alkanes of at least 4 members (excludes halogenated alkanes) is 1. The first kappa shape index (κ1) is 16.8. The summed E-state index contributed by atoms with van der Waals surface area (Å²) < 4.78 is 18.3. The van der Waals surface area contributed by atoms with Gasteiger partial charge in [-0.1, -0.05) is 17.7 Å². The van der Waals surface area contributed by atoms with Crippen molar-refractivity contribution in [1.29, 1.82) is 0 Å². The van der Waals surface area contributed by atoms with Crippen LogP contribution in [0.5, 0.6) is 5.75 Å². The van der Waals surface area contributed by atoms with Crippen molar-refractivity contribution in [2.24, 2.45) is 10.7 Å². The van der Waals surface area contributed by atoms with Crippen LogP contribution in [-0.4, -0.2) is 19.1 Å². The summed E-state index contributed by atoms with van der Waals surface area (Å²) >= 11 is 0. The summed E-state index contributed by atoms with van der Waals surface area (Å²) in [4.78, 5) is 4.28. The second-order valence-corrected chi connectivity index (χ2v) is 5.27. The van der Waals surface area contributed by atoms with Gasteiger partial charge in [-0.15, -0.1) is 0 Å². The maximum Gasteiger partial charge on any atom is 0.193 e. The summed E-state index contributed by atoms with van der Waals surface area (Å²) in [6.45, 7) is 3.25. The van der Waals surface area contributed by atoms with Crippen molar-refractivity contribution in [2.45, 2.75) is 19.8 Å². The van der Waals surface area contributed by atoms with Crippen molar-refractivity contribution < 1.29 is 9.13 Å². The van der Waals surface area contributed by atoms with Gasteiger partial charge in [-0.25, -0.2) is 4.39 Å². The highest BCUT2D eigenvalue weighted by Gasteiger charge is 1.96. The highest BCUT2D eigenvalue weighted by Crippen LogP contribution is 2.11. The van der Waals surface area contributed by atoms with Crippen LogP contribution >= 0.6 is 0 Å². The summed E-state index contributed by atoms with van der Waals surface area (Å²) in [5.41, 5.74) is 7.96. The van der Waals surface area contributed by atoms with Gasteiger partial charge >= 0.3 is 0 Å². The molecule has 0 aliphatic heterocycles. The third-order valence-corrected chi connectivity index (χ3v) is 3.24. The van der Waals surface area contributed by atoms with E-state index in [1.54, 1.807) is 12.1 Å². The lowest BCUT2D eigenvalue weighted by molar-refractivity contribution is 0.307. The Morgan fingerprint density at radius 1 is 1.09 bits per heavy atom. The van der Waals surface area contributed by atoms with Gasteiger partial charge in [0.2, 0.25) is 0 Å². The molecule has 0 atom stereocenters. The van der Waals surface area contributed by atoms with Crippen LogP contribution in [-0.2, 0) is 0 Å². The van der Waals surface area contributed by atoms with E-state index in [1.807, 2.05) is 31.2 Å². The topological polar surface area (TPSA) is 59.6 Å². The Hall–Kier alpha value is -2.56. The average Bonchev–Trinajstić information content (AvgIpc) is 2.54. The predicted octanol–water partition coefficient (Wildman–Crippen LogP) is 3.72. The van der Waals surface area contributed by atoms with E-state index in [-0.39, 0.29) is 5.82 Å². The first-order chi connectivity index (χ1) is 11.1. The lowest BCUT2D eigenvalue weighted by atomic mass is 10.2. The number of anilines is 1. The number of nitrogens with one attached hydrogen (secondary N) is 1. The zero-order chi connectivity index (χ0) is 16.5. The molecule has 0 aromatic heterocycles. The molecule has 0 radical (unpaired) electrons. The fourth-order valence-corrected chi connectivity index (χ4v) is 1.96. The molecule has 0 aliphatic rings. The molecule has 23 heavy (non-hydrogen) atoms. The number of halogens is 1. The lowest BCUT2D eigenvalue weighted by Gasteiger charge is -2.07. The van der Waals surface area contributed by atoms with E-state index < -0.39 is 0 Å². The normalized spacial score (nSPS) is 11.3. The van der Waals surface area contributed by atoms with Crippen molar-refractivity contribution in [3.8, 4) is 5.75 Å². The zero-order valence-electron chi connectivity index (χ0n) is 13.3. The van der Waals surface area contributed by atoms with Crippen LogP contribution < -0.4 is 15.8 Å². The molecule has 0 bridgehead atoms. The minimum absolute atomic E-state index is 0.261. The number of hydrogen-bond acceptors (Lipinski definition) is 2. The van der Waals surface area contributed by atoms with E-state index in [4.69, 9.17) is 10.5 Å². The number of rotatable bonds is 7. The first-order valence-electron chi connectivity index (χ1n) is 7.65. The van der Waals surface area contributed by atoms with Gasteiger partial charge in [0.05, 0.1) is 6.61 Å². The zero-order valence-corrected chi connectivity index (χ0v) is 13.3. The average molecular weight is 315 g/mol. The van der Waals surface area contributed by atoms with Crippen molar-refractivity contribution in [1.82, 2.24) is 0 Å². The SMILES string of the molecule is Cc1ccc(NC(N)=NCCCCOc2ccc(F)cc2)cc1. The molecule has 0 amide bonds. The van der Waals surface area contributed by atoms with Gasteiger partial charge in [0.15, 0.2) is 5.96 Å². The number of aliphatic imine (C=N–C) groups is 1. The molecule has 0 unspecified atom stereocenters. The van der Waals surface area contributed by atoms with Gasteiger partial charge in [0, 0.05) is 12.2 Å². The Morgan fingerprint density at radius 3 is 2.48 bits per heavy atom. The van der Waals surface area contributed by atoms with Crippen LogP contribution in [0.3, 0.4) is 0 Å². The molecule has 2 aromatic carbocycles. The van der Waals surface area contributed by atoms with E-state index in [0.717, 1.165) is 18.5 Å². The van der Waals surface area contributed by atoms with E-state index >= 15 is 0 Å². The van der Waals surface area contributed by atoms with Crippen LogP contribution in [0.1, 0.15) is 18.4 Å². The molecular weight excluding hydrogens is 293 g/mol. The fourth-order valence-electron chi connectivity index (χ4n) is 1.96. The van der Waals surface area contributed by atoms with Crippen molar-refractivity contribution >= 4 is 11.6 Å². The summed E-state index contributed by atoms with van der Waals surface area (Å²) in [6, 6.07) is 14.0. The Bertz CT molecular complexity index is 624. The Labute approximate surface area is 136 Å². The third kappa shape index (κ3) is 6.38. The second kappa shape index (κ2) is 8.78. The van der Waals surface area contributed by atoms with Gasteiger partial charge in [-0.2, -0.15) is 0 Å². The minimum atomic E-state index is -0.261. The van der Waals surface area contributed by atoms with Crippen molar-refractivity contribution in [3.63, 3.8) is 0 Å². The quantitative estimate of drug-likeness (QED) is 0.465. The van der Waals surface area contributed by atoms with Gasteiger partial charge in [0.25, 0.3) is 0 Å². The summed E-state index contributed by atoms with van der Waals surface area (Å²) in [5, 5.41) is 3.05. The summed E-state index contributed by atoms with van der Waals surface area (Å²) in [7, 11) is 0. The fraction of sp³-hybridized carbons (Fsp3) is 0.278. The molecule has 122 valence electrons. The van der Waals surface area contributed by atoms with Crippen LogP contribution in [0, 0.1) is 12.7 Å². The van der Waals surface area contributed by atoms with Gasteiger partial charge < -0.3 is 15.8 Å². The number of hydrogen-bond donors (Lipinski definition) is 2. The van der Waals surface area contributed by atoms with E-state index in [1.165, 1.54) is 17.7 Å². The largest absolute Gasteiger partial charge is 0.494 e. The maximum atomic E-state index is 12.7. The molecule has 0 heterocycles. The number of benzene rings is 2. The number of nitrogens with zero attached hydrogens (tertiary/aromatic N) is 1.